The predicted molar refractivity (Wildman–Crippen MR) is 81.7 cm³/mol. The molecule has 6 nitrogen and oxygen atoms in total. The number of halogens is 2. The highest BCUT2D eigenvalue weighted by atomic mass is 35.5. The first-order valence-corrected chi connectivity index (χ1v) is 7.56. The van der Waals surface area contributed by atoms with Crippen LogP contribution in [0, 0.1) is 22.6 Å². The van der Waals surface area contributed by atoms with Gasteiger partial charge in [0.1, 0.15) is 11.2 Å². The number of carboxylic acid groups (broad SMARTS) is 1. The Morgan fingerprint density at radius 3 is 2.87 bits per heavy atom. The van der Waals surface area contributed by atoms with Crippen molar-refractivity contribution in [2.45, 2.75) is 32.2 Å². The van der Waals surface area contributed by atoms with Crippen molar-refractivity contribution in [2.75, 3.05) is 18.5 Å². The van der Waals surface area contributed by atoms with Crippen LogP contribution < -0.4 is 5.32 Å². The quantitative estimate of drug-likeness (QED) is 0.799. The number of rotatable bonds is 5. The third-order valence-electron chi connectivity index (χ3n) is 4.22. The second-order valence-corrected chi connectivity index (χ2v) is 6.19. The van der Waals surface area contributed by atoms with Crippen LogP contribution >= 0.6 is 11.6 Å². The molecule has 0 spiro atoms. The normalized spacial score (nSPS) is 18.0. The van der Waals surface area contributed by atoms with Crippen molar-refractivity contribution in [1.82, 2.24) is 4.98 Å². The van der Waals surface area contributed by atoms with E-state index in [4.69, 9.17) is 26.7 Å². The van der Waals surface area contributed by atoms with Gasteiger partial charge >= 0.3 is 5.97 Å². The minimum Gasteiger partial charge on any atom is -0.481 e. The molecule has 0 radical (unpaired) electrons. The minimum absolute atomic E-state index is 0.0678. The standard InChI is InChI=1S/C15H17ClFN3O3/c1-15(2-4-23-5-3-15)11(7-12(21)22)19-14-10(17)6-9(8-18)13(16)20-14/h6,11H,2-5,7H2,1H3,(H,19,20)(H,21,22). The molecular formula is C15H17ClFN3O3. The lowest BCUT2D eigenvalue weighted by Gasteiger charge is -2.40. The molecule has 0 amide bonds. The Bertz CT molecular complexity index is 642. The first-order valence-electron chi connectivity index (χ1n) is 7.18. The summed E-state index contributed by atoms with van der Waals surface area (Å²) in [5.41, 5.74) is -0.438. The van der Waals surface area contributed by atoms with Crippen molar-refractivity contribution in [2.24, 2.45) is 5.41 Å². The van der Waals surface area contributed by atoms with E-state index < -0.39 is 17.8 Å². The van der Waals surface area contributed by atoms with Crippen LogP contribution in [0.15, 0.2) is 6.07 Å². The second-order valence-electron chi connectivity index (χ2n) is 5.83. The molecule has 1 aromatic rings. The SMILES string of the molecule is CC1(C(CC(=O)O)Nc2nc(Cl)c(C#N)cc2F)CCOCC1. The lowest BCUT2D eigenvalue weighted by atomic mass is 9.74. The summed E-state index contributed by atoms with van der Waals surface area (Å²) in [5, 5.41) is 20.7. The van der Waals surface area contributed by atoms with Crippen molar-refractivity contribution in [1.29, 1.82) is 5.26 Å². The number of pyridine rings is 1. The number of hydrogen-bond donors (Lipinski definition) is 2. The number of aromatic nitrogens is 1. The van der Waals surface area contributed by atoms with Crippen LogP contribution in [0.2, 0.25) is 5.15 Å². The Morgan fingerprint density at radius 1 is 1.65 bits per heavy atom. The minimum atomic E-state index is -0.990. The van der Waals surface area contributed by atoms with Gasteiger partial charge in [0.05, 0.1) is 12.0 Å². The number of ether oxygens (including phenoxy) is 1. The van der Waals surface area contributed by atoms with Gasteiger partial charge in [0.25, 0.3) is 0 Å². The van der Waals surface area contributed by atoms with Crippen molar-refractivity contribution < 1.29 is 19.0 Å². The maximum absolute atomic E-state index is 14.1. The van der Waals surface area contributed by atoms with Crippen molar-refractivity contribution in [3.63, 3.8) is 0 Å². The molecule has 124 valence electrons. The van der Waals surface area contributed by atoms with Crippen LogP contribution in [-0.4, -0.2) is 35.3 Å². The number of nitriles is 1. The molecule has 0 aromatic carbocycles. The summed E-state index contributed by atoms with van der Waals surface area (Å²) in [6.45, 7) is 3.00. The Labute approximate surface area is 138 Å². The molecule has 8 heteroatoms. The average Bonchev–Trinajstić information content (AvgIpc) is 2.50. The maximum Gasteiger partial charge on any atom is 0.305 e. The highest BCUT2D eigenvalue weighted by Crippen LogP contribution is 2.37. The summed E-state index contributed by atoms with van der Waals surface area (Å²) in [5.74, 6) is -1.87. The Hall–Kier alpha value is -1.91. The molecule has 1 fully saturated rings. The van der Waals surface area contributed by atoms with Gasteiger partial charge in [0.2, 0.25) is 0 Å². The first kappa shape index (κ1) is 17.4. The van der Waals surface area contributed by atoms with Crippen LogP contribution in [0.5, 0.6) is 0 Å². The smallest absolute Gasteiger partial charge is 0.305 e. The molecule has 1 atom stereocenters. The highest BCUT2D eigenvalue weighted by molar-refractivity contribution is 6.30. The van der Waals surface area contributed by atoms with E-state index in [1.807, 2.05) is 6.92 Å². The zero-order valence-electron chi connectivity index (χ0n) is 12.6. The van der Waals surface area contributed by atoms with E-state index in [0.717, 1.165) is 6.07 Å². The number of nitrogens with zero attached hydrogens (tertiary/aromatic N) is 2. The van der Waals surface area contributed by atoms with Gasteiger partial charge in [-0.2, -0.15) is 5.26 Å². The summed E-state index contributed by atoms with van der Waals surface area (Å²) in [7, 11) is 0. The molecule has 1 aliphatic rings. The van der Waals surface area contributed by atoms with Gasteiger partial charge in [-0.15, -0.1) is 0 Å². The molecule has 1 aliphatic heterocycles. The van der Waals surface area contributed by atoms with E-state index >= 15 is 0 Å². The van der Waals surface area contributed by atoms with Gasteiger partial charge in [-0.1, -0.05) is 18.5 Å². The Kier molecular flexibility index (Phi) is 5.39. The van der Waals surface area contributed by atoms with Crippen molar-refractivity contribution in [3.8, 4) is 6.07 Å². The number of carboxylic acids is 1. The Morgan fingerprint density at radius 2 is 2.30 bits per heavy atom. The zero-order valence-corrected chi connectivity index (χ0v) is 13.4. The second kappa shape index (κ2) is 7.11. The van der Waals surface area contributed by atoms with Crippen LogP contribution in [0.25, 0.3) is 0 Å². The van der Waals surface area contributed by atoms with E-state index in [0.29, 0.717) is 26.1 Å². The topological polar surface area (TPSA) is 95.2 Å². The monoisotopic (exact) mass is 341 g/mol. The molecule has 2 rings (SSSR count). The van der Waals surface area contributed by atoms with Gasteiger partial charge in [-0.05, 0) is 24.3 Å². The van der Waals surface area contributed by atoms with Crippen molar-refractivity contribution >= 4 is 23.4 Å². The van der Waals surface area contributed by atoms with E-state index in [1.165, 1.54) is 0 Å². The summed E-state index contributed by atoms with van der Waals surface area (Å²) in [6.07, 6.45) is 1.13. The van der Waals surface area contributed by atoms with Gasteiger partial charge in [-0.25, -0.2) is 9.37 Å². The third-order valence-corrected chi connectivity index (χ3v) is 4.50. The van der Waals surface area contributed by atoms with E-state index in [9.17, 15) is 9.18 Å². The van der Waals surface area contributed by atoms with Gasteiger partial charge in [-0.3, -0.25) is 4.79 Å². The zero-order chi connectivity index (χ0) is 17.0. The third kappa shape index (κ3) is 4.09. The molecule has 1 unspecified atom stereocenters. The summed E-state index contributed by atoms with van der Waals surface area (Å²) >= 11 is 5.83. The fourth-order valence-electron chi connectivity index (χ4n) is 2.64. The van der Waals surface area contributed by atoms with Crippen LogP contribution in [0.4, 0.5) is 10.2 Å². The maximum atomic E-state index is 14.1. The van der Waals surface area contributed by atoms with Gasteiger partial charge in [0, 0.05) is 19.3 Å². The highest BCUT2D eigenvalue weighted by Gasteiger charge is 2.38. The number of nitrogens with one attached hydrogen (secondary N) is 1. The fraction of sp³-hybridized carbons (Fsp3) is 0.533. The fourth-order valence-corrected chi connectivity index (χ4v) is 2.82. The van der Waals surface area contributed by atoms with Crippen LogP contribution in [-0.2, 0) is 9.53 Å². The number of anilines is 1. The average molecular weight is 342 g/mol. The predicted octanol–water partition coefficient (Wildman–Crippen LogP) is 2.82. The summed E-state index contributed by atoms with van der Waals surface area (Å²) in [4.78, 5) is 15.0. The van der Waals surface area contributed by atoms with Crippen LogP contribution in [0.1, 0.15) is 31.7 Å². The number of carbonyl (C=O) groups is 1. The number of hydrogen-bond acceptors (Lipinski definition) is 5. The molecule has 0 aliphatic carbocycles. The summed E-state index contributed by atoms with van der Waals surface area (Å²) < 4.78 is 19.4. The molecule has 0 bridgehead atoms. The first-order chi connectivity index (χ1) is 10.9. The molecule has 23 heavy (non-hydrogen) atoms. The molecule has 2 heterocycles. The molecule has 2 N–H and O–H groups in total. The lowest BCUT2D eigenvalue weighted by Crippen LogP contribution is -2.44. The van der Waals surface area contributed by atoms with Crippen molar-refractivity contribution in [3.05, 3.63) is 22.6 Å². The number of aliphatic carboxylic acids is 1. The Balaban J connectivity index is 2.29. The molecule has 1 aromatic heterocycles. The lowest BCUT2D eigenvalue weighted by molar-refractivity contribution is -0.138. The molecular weight excluding hydrogens is 325 g/mol. The summed E-state index contributed by atoms with van der Waals surface area (Å²) in [6, 6.07) is 2.20. The van der Waals surface area contributed by atoms with E-state index in [1.54, 1.807) is 6.07 Å². The van der Waals surface area contributed by atoms with Crippen LogP contribution in [0.3, 0.4) is 0 Å². The molecule has 0 saturated carbocycles. The largest absolute Gasteiger partial charge is 0.481 e. The van der Waals surface area contributed by atoms with Gasteiger partial charge < -0.3 is 15.2 Å². The van der Waals surface area contributed by atoms with E-state index in [-0.39, 0.29) is 28.4 Å². The molecule has 1 saturated heterocycles. The van der Waals surface area contributed by atoms with E-state index in [2.05, 4.69) is 10.3 Å². The van der Waals surface area contributed by atoms with Gasteiger partial charge in [0.15, 0.2) is 11.6 Å².